The second-order valence-electron chi connectivity index (χ2n) is 5.22. The Bertz CT molecular complexity index is 376. The number of fused-ring (bicyclic) bond motifs is 1. The van der Waals surface area contributed by atoms with Crippen LogP contribution in [0.4, 0.5) is 0 Å². The molecule has 1 unspecified atom stereocenters. The molecular weight excluding hydrogens is 222 g/mol. The topological polar surface area (TPSA) is 37.8 Å². The molecule has 0 amide bonds. The molecule has 1 aliphatic carbocycles. The van der Waals surface area contributed by atoms with Gasteiger partial charge >= 0.3 is 0 Å². The van der Waals surface area contributed by atoms with Crippen LogP contribution in [0, 0.1) is 0 Å². The van der Waals surface area contributed by atoms with Crippen LogP contribution in [0.1, 0.15) is 56.5 Å². The van der Waals surface area contributed by atoms with Crippen LogP contribution in [0.15, 0.2) is 6.33 Å². The summed E-state index contributed by atoms with van der Waals surface area (Å²) in [4.78, 5) is 8.98. The molecule has 1 aromatic rings. The second-order valence-corrected chi connectivity index (χ2v) is 5.22. The molecule has 0 aromatic carbocycles. The standard InChI is InChI=1S/C15H25N3/c1-3-9-16-12(4-2)10-15-13-7-5-6-8-14(13)17-11-18-15/h11-12,16H,3-10H2,1-2H3. The van der Waals surface area contributed by atoms with Crippen LogP contribution in [-0.2, 0) is 19.3 Å². The minimum Gasteiger partial charge on any atom is -0.314 e. The SMILES string of the molecule is CCCNC(CC)Cc1ncnc2c1CCCC2. The van der Waals surface area contributed by atoms with Crippen LogP contribution in [0.2, 0.25) is 0 Å². The predicted molar refractivity (Wildman–Crippen MR) is 74.8 cm³/mol. The minimum atomic E-state index is 0.561. The first-order valence-corrected chi connectivity index (χ1v) is 7.40. The van der Waals surface area contributed by atoms with E-state index in [9.17, 15) is 0 Å². The van der Waals surface area contributed by atoms with Crippen molar-refractivity contribution in [3.63, 3.8) is 0 Å². The lowest BCUT2D eigenvalue weighted by molar-refractivity contribution is 0.486. The number of hydrogen-bond donors (Lipinski definition) is 1. The molecule has 100 valence electrons. The third kappa shape index (κ3) is 3.29. The number of aryl methyl sites for hydroxylation is 1. The van der Waals surface area contributed by atoms with Crippen LogP contribution in [0.25, 0.3) is 0 Å². The molecule has 2 rings (SSSR count). The van der Waals surface area contributed by atoms with Gasteiger partial charge in [0, 0.05) is 23.9 Å². The fraction of sp³-hybridized carbons (Fsp3) is 0.733. The third-order valence-electron chi connectivity index (χ3n) is 3.83. The Kier molecular flexibility index (Phi) is 5.12. The monoisotopic (exact) mass is 247 g/mol. The van der Waals surface area contributed by atoms with Crippen molar-refractivity contribution in [2.75, 3.05) is 6.54 Å². The van der Waals surface area contributed by atoms with Crippen molar-refractivity contribution in [2.24, 2.45) is 0 Å². The average Bonchev–Trinajstić information content (AvgIpc) is 2.43. The highest BCUT2D eigenvalue weighted by atomic mass is 14.9. The van der Waals surface area contributed by atoms with Gasteiger partial charge in [0.2, 0.25) is 0 Å². The number of hydrogen-bond acceptors (Lipinski definition) is 3. The lowest BCUT2D eigenvalue weighted by atomic mass is 9.92. The van der Waals surface area contributed by atoms with Gasteiger partial charge in [-0.3, -0.25) is 0 Å². The first-order valence-electron chi connectivity index (χ1n) is 7.40. The van der Waals surface area contributed by atoms with Gasteiger partial charge < -0.3 is 5.32 Å². The minimum absolute atomic E-state index is 0.561. The molecule has 1 aromatic heterocycles. The van der Waals surface area contributed by atoms with Crippen LogP contribution in [0.5, 0.6) is 0 Å². The molecule has 0 spiro atoms. The van der Waals surface area contributed by atoms with Crippen LogP contribution in [-0.4, -0.2) is 22.6 Å². The Morgan fingerprint density at radius 3 is 2.83 bits per heavy atom. The van der Waals surface area contributed by atoms with Crippen molar-refractivity contribution >= 4 is 0 Å². The van der Waals surface area contributed by atoms with E-state index in [0.717, 1.165) is 19.4 Å². The summed E-state index contributed by atoms with van der Waals surface area (Å²) in [6, 6.07) is 0.561. The van der Waals surface area contributed by atoms with E-state index >= 15 is 0 Å². The maximum Gasteiger partial charge on any atom is 0.115 e. The highest BCUT2D eigenvalue weighted by Gasteiger charge is 2.17. The van der Waals surface area contributed by atoms with E-state index in [1.807, 2.05) is 0 Å². The van der Waals surface area contributed by atoms with Gasteiger partial charge in [0.05, 0.1) is 0 Å². The van der Waals surface area contributed by atoms with Crippen LogP contribution < -0.4 is 5.32 Å². The zero-order valence-electron chi connectivity index (χ0n) is 11.7. The molecule has 0 saturated carbocycles. The predicted octanol–water partition coefficient (Wildman–Crippen LogP) is 2.68. The summed E-state index contributed by atoms with van der Waals surface area (Å²) in [6.07, 6.45) is 10.1. The third-order valence-corrected chi connectivity index (χ3v) is 3.83. The molecule has 1 heterocycles. The fourth-order valence-corrected chi connectivity index (χ4v) is 2.71. The van der Waals surface area contributed by atoms with Gasteiger partial charge in [-0.1, -0.05) is 13.8 Å². The van der Waals surface area contributed by atoms with E-state index in [4.69, 9.17) is 0 Å². The molecular formula is C15H25N3. The van der Waals surface area contributed by atoms with Gasteiger partial charge in [-0.15, -0.1) is 0 Å². The quantitative estimate of drug-likeness (QED) is 0.840. The van der Waals surface area contributed by atoms with Gasteiger partial charge in [0.25, 0.3) is 0 Å². The molecule has 0 saturated heterocycles. The summed E-state index contributed by atoms with van der Waals surface area (Å²) in [5.74, 6) is 0. The van der Waals surface area contributed by atoms with Crippen molar-refractivity contribution in [3.8, 4) is 0 Å². The fourth-order valence-electron chi connectivity index (χ4n) is 2.71. The molecule has 0 radical (unpaired) electrons. The van der Waals surface area contributed by atoms with E-state index < -0.39 is 0 Å². The lowest BCUT2D eigenvalue weighted by Gasteiger charge is -2.21. The smallest absolute Gasteiger partial charge is 0.115 e. The number of nitrogens with one attached hydrogen (secondary N) is 1. The number of nitrogens with zero attached hydrogens (tertiary/aromatic N) is 2. The molecule has 1 N–H and O–H groups in total. The first-order chi connectivity index (χ1) is 8.85. The summed E-state index contributed by atoms with van der Waals surface area (Å²) >= 11 is 0. The Hall–Kier alpha value is -0.960. The number of rotatable bonds is 6. The average molecular weight is 247 g/mol. The normalized spacial score (nSPS) is 16.3. The first kappa shape index (κ1) is 13.5. The molecule has 3 nitrogen and oxygen atoms in total. The summed E-state index contributed by atoms with van der Waals surface area (Å²) in [7, 11) is 0. The summed E-state index contributed by atoms with van der Waals surface area (Å²) in [5, 5.41) is 3.61. The second kappa shape index (κ2) is 6.83. The van der Waals surface area contributed by atoms with Crippen molar-refractivity contribution in [3.05, 3.63) is 23.3 Å². The molecule has 1 aliphatic rings. The van der Waals surface area contributed by atoms with E-state index in [-0.39, 0.29) is 0 Å². The molecule has 0 fully saturated rings. The van der Waals surface area contributed by atoms with E-state index in [1.54, 1.807) is 6.33 Å². The number of aromatic nitrogens is 2. The summed E-state index contributed by atoms with van der Waals surface area (Å²) < 4.78 is 0. The van der Waals surface area contributed by atoms with Gasteiger partial charge in [-0.2, -0.15) is 0 Å². The van der Waals surface area contributed by atoms with Crippen LogP contribution in [0.3, 0.4) is 0 Å². The van der Waals surface area contributed by atoms with Crippen molar-refractivity contribution in [1.82, 2.24) is 15.3 Å². The molecule has 3 heteroatoms. The maximum atomic E-state index is 4.54. The van der Waals surface area contributed by atoms with Crippen molar-refractivity contribution in [2.45, 2.75) is 64.8 Å². The highest BCUT2D eigenvalue weighted by Crippen LogP contribution is 2.22. The van der Waals surface area contributed by atoms with E-state index in [0.29, 0.717) is 6.04 Å². The Balaban J connectivity index is 2.08. The summed E-state index contributed by atoms with van der Waals surface area (Å²) in [5.41, 5.74) is 4.03. The molecule has 18 heavy (non-hydrogen) atoms. The highest BCUT2D eigenvalue weighted by molar-refractivity contribution is 5.27. The van der Waals surface area contributed by atoms with E-state index in [1.165, 1.54) is 49.1 Å². The zero-order valence-corrected chi connectivity index (χ0v) is 11.7. The van der Waals surface area contributed by atoms with E-state index in [2.05, 4.69) is 29.1 Å². The maximum absolute atomic E-state index is 4.54. The summed E-state index contributed by atoms with van der Waals surface area (Å²) in [6.45, 7) is 5.57. The van der Waals surface area contributed by atoms with Crippen LogP contribution >= 0.6 is 0 Å². The van der Waals surface area contributed by atoms with Crippen molar-refractivity contribution in [1.29, 1.82) is 0 Å². The van der Waals surface area contributed by atoms with Gasteiger partial charge in [-0.25, -0.2) is 9.97 Å². The van der Waals surface area contributed by atoms with Gasteiger partial charge in [-0.05, 0) is 50.6 Å². The Morgan fingerprint density at radius 1 is 1.22 bits per heavy atom. The Labute approximate surface area is 110 Å². The van der Waals surface area contributed by atoms with Gasteiger partial charge in [0.15, 0.2) is 0 Å². The van der Waals surface area contributed by atoms with Crippen molar-refractivity contribution < 1.29 is 0 Å². The largest absolute Gasteiger partial charge is 0.314 e. The molecule has 0 bridgehead atoms. The van der Waals surface area contributed by atoms with Gasteiger partial charge in [0.1, 0.15) is 6.33 Å². The zero-order chi connectivity index (χ0) is 12.8. The lowest BCUT2D eigenvalue weighted by Crippen LogP contribution is -2.32. The molecule has 1 atom stereocenters. The molecule has 0 aliphatic heterocycles. The Morgan fingerprint density at radius 2 is 2.06 bits per heavy atom.